The molecular formula is C9H17N3O6S. The Morgan fingerprint density at radius 1 is 1.42 bits per heavy atom. The molecule has 0 aromatic rings. The number of carbonyl (C=O) groups is 2. The van der Waals surface area contributed by atoms with Crippen LogP contribution >= 0.6 is 0 Å². The van der Waals surface area contributed by atoms with Crippen LogP contribution in [0.4, 0.5) is 4.79 Å². The molecule has 1 rings (SSSR count). The number of nitrogens with two attached hydrogens (primary N) is 1. The average Bonchev–Trinajstić information content (AvgIpc) is 2.34. The maximum absolute atomic E-state index is 11.9. The summed E-state index contributed by atoms with van der Waals surface area (Å²) in [6.07, 6.45) is 0.574. The highest BCUT2D eigenvalue weighted by atomic mass is 32.2. The van der Waals surface area contributed by atoms with E-state index in [0.29, 0.717) is 12.8 Å². The molecular weight excluding hydrogens is 278 g/mol. The largest absolute Gasteiger partial charge is 0.480 e. The highest BCUT2D eigenvalue weighted by Crippen LogP contribution is 2.19. The number of amides is 1. The van der Waals surface area contributed by atoms with Crippen molar-refractivity contribution in [3.05, 3.63) is 0 Å². The van der Waals surface area contributed by atoms with Gasteiger partial charge in [-0.3, -0.25) is 4.79 Å². The van der Waals surface area contributed by atoms with Gasteiger partial charge >= 0.3 is 12.1 Å². The molecule has 1 amide bonds. The first kappa shape index (κ1) is 15.7. The van der Waals surface area contributed by atoms with Gasteiger partial charge in [-0.15, -0.1) is 0 Å². The normalized spacial score (nSPS) is 20.9. The first-order valence-corrected chi connectivity index (χ1v) is 7.20. The molecule has 0 radical (unpaired) electrons. The van der Waals surface area contributed by atoms with Crippen molar-refractivity contribution in [2.45, 2.75) is 25.3 Å². The summed E-state index contributed by atoms with van der Waals surface area (Å²) in [6.45, 7) is -0.211. The number of ether oxygens (including phenoxy) is 1. The van der Waals surface area contributed by atoms with E-state index in [1.807, 2.05) is 0 Å². The molecule has 1 aliphatic rings. The third-order valence-electron chi connectivity index (χ3n) is 2.68. The van der Waals surface area contributed by atoms with E-state index in [0.717, 1.165) is 4.31 Å². The Balaban J connectivity index is 2.59. The standard InChI is InChI=1S/C9H17N3O6S/c10-9(15)18-6-4-11-19(16,17)12-5-2-1-3-7(12)8(13)14/h7,11H,1-6H2,(H2,10,15)(H,13,14). The molecule has 1 saturated heterocycles. The van der Waals surface area contributed by atoms with Crippen LogP contribution < -0.4 is 10.5 Å². The smallest absolute Gasteiger partial charge is 0.404 e. The summed E-state index contributed by atoms with van der Waals surface area (Å²) in [6, 6.07) is -1.05. The van der Waals surface area contributed by atoms with Crippen molar-refractivity contribution in [2.75, 3.05) is 19.7 Å². The minimum atomic E-state index is -3.91. The predicted molar refractivity (Wildman–Crippen MR) is 64.4 cm³/mol. The van der Waals surface area contributed by atoms with Crippen molar-refractivity contribution in [1.82, 2.24) is 9.03 Å². The fraction of sp³-hybridized carbons (Fsp3) is 0.778. The van der Waals surface area contributed by atoms with Crippen molar-refractivity contribution in [3.63, 3.8) is 0 Å². The quantitative estimate of drug-likeness (QED) is 0.529. The maximum Gasteiger partial charge on any atom is 0.404 e. The summed E-state index contributed by atoms with van der Waals surface area (Å²) in [5, 5.41) is 9.00. The number of hydrogen-bond donors (Lipinski definition) is 3. The van der Waals surface area contributed by atoms with Crippen LogP contribution in [0, 0.1) is 0 Å². The van der Waals surface area contributed by atoms with E-state index in [2.05, 4.69) is 9.46 Å². The lowest BCUT2D eigenvalue weighted by molar-refractivity contribution is -0.142. The topological polar surface area (TPSA) is 139 Å². The van der Waals surface area contributed by atoms with Gasteiger partial charge in [0.2, 0.25) is 0 Å². The van der Waals surface area contributed by atoms with Gasteiger partial charge in [-0.1, -0.05) is 0 Å². The van der Waals surface area contributed by atoms with E-state index in [1.54, 1.807) is 0 Å². The molecule has 0 saturated carbocycles. The van der Waals surface area contributed by atoms with Crippen LogP contribution in [0.2, 0.25) is 0 Å². The zero-order chi connectivity index (χ0) is 14.5. The number of aliphatic carboxylic acids is 1. The molecule has 19 heavy (non-hydrogen) atoms. The van der Waals surface area contributed by atoms with E-state index >= 15 is 0 Å². The molecule has 1 atom stereocenters. The number of rotatable bonds is 6. The summed E-state index contributed by atoms with van der Waals surface area (Å²) >= 11 is 0. The van der Waals surface area contributed by atoms with Gasteiger partial charge < -0.3 is 15.6 Å². The third-order valence-corrected chi connectivity index (χ3v) is 4.30. The van der Waals surface area contributed by atoms with Crippen molar-refractivity contribution in [1.29, 1.82) is 0 Å². The fourth-order valence-corrected chi connectivity index (χ4v) is 3.25. The number of carbonyl (C=O) groups excluding carboxylic acids is 1. The van der Waals surface area contributed by atoms with E-state index in [1.165, 1.54) is 0 Å². The van der Waals surface area contributed by atoms with Crippen LogP contribution in [0.5, 0.6) is 0 Å². The molecule has 9 nitrogen and oxygen atoms in total. The Kier molecular flexibility index (Phi) is 5.51. The van der Waals surface area contributed by atoms with Crippen LogP contribution in [0.25, 0.3) is 0 Å². The molecule has 4 N–H and O–H groups in total. The minimum absolute atomic E-state index is 0.156. The minimum Gasteiger partial charge on any atom is -0.480 e. The van der Waals surface area contributed by atoms with Crippen LogP contribution in [0.15, 0.2) is 0 Å². The predicted octanol–water partition coefficient (Wildman–Crippen LogP) is -1.14. The number of nitrogens with one attached hydrogen (secondary N) is 1. The van der Waals surface area contributed by atoms with Gasteiger partial charge in [0.15, 0.2) is 0 Å². The van der Waals surface area contributed by atoms with E-state index in [4.69, 9.17) is 10.8 Å². The van der Waals surface area contributed by atoms with Gasteiger partial charge in [0.05, 0.1) is 0 Å². The van der Waals surface area contributed by atoms with Gasteiger partial charge in [0.1, 0.15) is 12.6 Å². The molecule has 0 aromatic heterocycles. The van der Waals surface area contributed by atoms with Crippen LogP contribution in [0.1, 0.15) is 19.3 Å². The number of piperidine rings is 1. The van der Waals surface area contributed by atoms with Crippen LogP contribution in [0.3, 0.4) is 0 Å². The number of hydrogen-bond acceptors (Lipinski definition) is 5. The van der Waals surface area contributed by atoms with Gasteiger partial charge in [0, 0.05) is 13.1 Å². The lowest BCUT2D eigenvalue weighted by Gasteiger charge is -2.31. The highest BCUT2D eigenvalue weighted by molar-refractivity contribution is 7.87. The summed E-state index contributed by atoms with van der Waals surface area (Å²) in [4.78, 5) is 21.3. The third kappa shape index (κ3) is 4.65. The highest BCUT2D eigenvalue weighted by Gasteiger charge is 2.36. The Bertz CT molecular complexity index is 437. The molecule has 0 aromatic carbocycles. The zero-order valence-electron chi connectivity index (χ0n) is 10.2. The summed E-state index contributed by atoms with van der Waals surface area (Å²) < 4.78 is 31.3. The summed E-state index contributed by atoms with van der Waals surface area (Å²) in [5.74, 6) is -1.17. The van der Waals surface area contributed by atoms with E-state index in [9.17, 15) is 18.0 Å². The van der Waals surface area contributed by atoms with Gasteiger partial charge in [-0.05, 0) is 19.3 Å². The first-order valence-electron chi connectivity index (χ1n) is 5.76. The van der Waals surface area contributed by atoms with Crippen molar-refractivity contribution < 1.29 is 27.9 Å². The van der Waals surface area contributed by atoms with Crippen LogP contribution in [-0.4, -0.2) is 55.6 Å². The fourth-order valence-electron chi connectivity index (χ4n) is 1.84. The van der Waals surface area contributed by atoms with Crippen molar-refractivity contribution in [2.24, 2.45) is 5.73 Å². The zero-order valence-corrected chi connectivity index (χ0v) is 11.1. The lowest BCUT2D eigenvalue weighted by atomic mass is 10.1. The summed E-state index contributed by atoms with van der Waals surface area (Å²) in [7, 11) is -3.91. The Labute approximate surface area is 110 Å². The van der Waals surface area contributed by atoms with E-state index in [-0.39, 0.29) is 26.1 Å². The molecule has 0 aliphatic carbocycles. The van der Waals surface area contributed by atoms with E-state index < -0.39 is 28.3 Å². The Morgan fingerprint density at radius 2 is 2.11 bits per heavy atom. The molecule has 10 heteroatoms. The second kappa shape index (κ2) is 6.68. The van der Waals surface area contributed by atoms with Crippen molar-refractivity contribution in [3.8, 4) is 0 Å². The van der Waals surface area contributed by atoms with Crippen molar-refractivity contribution >= 4 is 22.3 Å². The monoisotopic (exact) mass is 295 g/mol. The lowest BCUT2D eigenvalue weighted by Crippen LogP contribution is -2.52. The number of carboxylic acids is 1. The van der Waals surface area contributed by atoms with Gasteiger partial charge in [0.25, 0.3) is 10.2 Å². The number of nitrogens with zero attached hydrogens (tertiary/aromatic N) is 1. The van der Waals surface area contributed by atoms with Gasteiger partial charge in [-0.25, -0.2) is 4.79 Å². The molecule has 1 heterocycles. The molecule has 1 aliphatic heterocycles. The SMILES string of the molecule is NC(=O)OCCNS(=O)(=O)N1CCCCC1C(=O)O. The second-order valence-electron chi connectivity index (χ2n) is 4.03. The number of carboxylic acid groups (broad SMARTS) is 1. The molecule has 1 unspecified atom stereocenters. The first-order chi connectivity index (χ1) is 8.84. The average molecular weight is 295 g/mol. The Morgan fingerprint density at radius 3 is 2.68 bits per heavy atom. The molecule has 110 valence electrons. The molecule has 0 bridgehead atoms. The molecule has 0 spiro atoms. The Hall–Kier alpha value is -1.39. The molecule has 1 fully saturated rings. The number of primary amides is 1. The van der Waals surface area contributed by atoms with Crippen LogP contribution in [-0.2, 0) is 19.7 Å². The van der Waals surface area contributed by atoms with Gasteiger partial charge in [-0.2, -0.15) is 17.4 Å². The maximum atomic E-state index is 11.9. The second-order valence-corrected chi connectivity index (χ2v) is 5.74. The summed E-state index contributed by atoms with van der Waals surface area (Å²) in [5.41, 5.74) is 4.72.